The summed E-state index contributed by atoms with van der Waals surface area (Å²) in [5.74, 6) is -0.267. The molecule has 0 aromatic heterocycles. The molecule has 0 amide bonds. The molecular formula is C12H14O2Se. The molecule has 1 aromatic rings. The zero-order chi connectivity index (χ0) is 11.1. The van der Waals surface area contributed by atoms with Crippen molar-refractivity contribution in [2.24, 2.45) is 0 Å². The number of carbonyl (C=O) groups excluding carboxylic acids is 1. The second-order valence-electron chi connectivity index (χ2n) is 3.12. The van der Waals surface area contributed by atoms with E-state index >= 15 is 0 Å². The number of methoxy groups -OCH3 is 1. The van der Waals surface area contributed by atoms with Crippen molar-refractivity contribution >= 4 is 25.4 Å². The number of benzene rings is 1. The van der Waals surface area contributed by atoms with Crippen LogP contribution in [0.4, 0.5) is 0 Å². The van der Waals surface area contributed by atoms with Gasteiger partial charge in [-0.05, 0) is 0 Å². The maximum atomic E-state index is 10.9. The standard InChI is InChI=1S/C12H14O2Se/c1-10(8-12(13)14-2)9-15-11-6-4-3-5-7-11/h3-8H,9H2,1-2H3/b10-8+. The van der Waals surface area contributed by atoms with E-state index < -0.39 is 0 Å². The maximum absolute atomic E-state index is 10.9. The van der Waals surface area contributed by atoms with Crippen LogP contribution >= 0.6 is 0 Å². The summed E-state index contributed by atoms with van der Waals surface area (Å²) in [6.45, 7) is 1.96. The number of esters is 1. The van der Waals surface area contributed by atoms with Crippen LogP contribution < -0.4 is 4.46 Å². The van der Waals surface area contributed by atoms with Crippen molar-refractivity contribution in [2.45, 2.75) is 12.2 Å². The topological polar surface area (TPSA) is 26.3 Å². The molecular weight excluding hydrogens is 255 g/mol. The van der Waals surface area contributed by atoms with Crippen LogP contribution in [0.2, 0.25) is 5.32 Å². The summed E-state index contributed by atoms with van der Waals surface area (Å²) in [6, 6.07) is 10.3. The minimum atomic E-state index is -0.267. The number of ether oxygens (including phenoxy) is 1. The Bertz CT molecular complexity index is 344. The van der Waals surface area contributed by atoms with Gasteiger partial charge in [-0.15, -0.1) is 0 Å². The van der Waals surface area contributed by atoms with Crippen LogP contribution in [0.1, 0.15) is 6.92 Å². The number of hydrogen-bond acceptors (Lipinski definition) is 2. The second kappa shape index (κ2) is 6.44. The van der Waals surface area contributed by atoms with Gasteiger partial charge in [-0.1, -0.05) is 0 Å². The summed E-state index contributed by atoms with van der Waals surface area (Å²) in [5.41, 5.74) is 1.07. The van der Waals surface area contributed by atoms with Gasteiger partial charge in [0.05, 0.1) is 0 Å². The molecule has 1 aromatic carbocycles. The van der Waals surface area contributed by atoms with E-state index in [9.17, 15) is 4.79 Å². The zero-order valence-electron chi connectivity index (χ0n) is 8.90. The van der Waals surface area contributed by atoms with Gasteiger partial charge in [0, 0.05) is 0 Å². The van der Waals surface area contributed by atoms with Crippen molar-refractivity contribution in [1.82, 2.24) is 0 Å². The third-order valence-electron chi connectivity index (χ3n) is 1.78. The fraction of sp³-hybridized carbons (Fsp3) is 0.250. The Labute approximate surface area is 96.5 Å². The third kappa shape index (κ3) is 4.82. The minimum absolute atomic E-state index is 0.267. The van der Waals surface area contributed by atoms with Gasteiger partial charge in [0.1, 0.15) is 0 Å². The molecule has 0 atom stereocenters. The van der Waals surface area contributed by atoms with Crippen molar-refractivity contribution in [3.63, 3.8) is 0 Å². The Balaban J connectivity index is 2.44. The number of rotatable bonds is 4. The summed E-state index contributed by atoms with van der Waals surface area (Å²) in [5, 5.41) is 0.951. The molecule has 0 saturated heterocycles. The van der Waals surface area contributed by atoms with Gasteiger partial charge >= 0.3 is 96.3 Å². The molecule has 0 saturated carbocycles. The molecule has 0 aliphatic carbocycles. The Morgan fingerprint density at radius 2 is 2.07 bits per heavy atom. The quantitative estimate of drug-likeness (QED) is 0.471. The van der Waals surface area contributed by atoms with Crippen molar-refractivity contribution in [3.8, 4) is 0 Å². The molecule has 15 heavy (non-hydrogen) atoms. The van der Waals surface area contributed by atoms with Crippen molar-refractivity contribution in [1.29, 1.82) is 0 Å². The Morgan fingerprint density at radius 1 is 1.40 bits per heavy atom. The number of hydrogen-bond donors (Lipinski definition) is 0. The Morgan fingerprint density at radius 3 is 2.67 bits per heavy atom. The van der Waals surface area contributed by atoms with Gasteiger partial charge in [0.25, 0.3) is 0 Å². The molecule has 0 fully saturated rings. The molecule has 0 aliphatic rings. The predicted molar refractivity (Wildman–Crippen MR) is 62.4 cm³/mol. The van der Waals surface area contributed by atoms with Crippen molar-refractivity contribution < 1.29 is 9.53 Å². The van der Waals surface area contributed by atoms with Crippen molar-refractivity contribution in [2.75, 3.05) is 7.11 Å². The van der Waals surface area contributed by atoms with Crippen LogP contribution in [0.5, 0.6) is 0 Å². The summed E-state index contributed by atoms with van der Waals surface area (Å²) in [4.78, 5) is 10.9. The normalized spacial score (nSPS) is 11.2. The molecule has 0 heterocycles. The van der Waals surface area contributed by atoms with E-state index in [2.05, 4.69) is 16.9 Å². The van der Waals surface area contributed by atoms with E-state index in [0.717, 1.165) is 10.9 Å². The van der Waals surface area contributed by atoms with Crippen LogP contribution in [-0.4, -0.2) is 28.0 Å². The van der Waals surface area contributed by atoms with Gasteiger partial charge in [0.2, 0.25) is 0 Å². The van der Waals surface area contributed by atoms with E-state index in [1.165, 1.54) is 11.6 Å². The Kier molecular flexibility index (Phi) is 5.16. The van der Waals surface area contributed by atoms with Gasteiger partial charge < -0.3 is 0 Å². The van der Waals surface area contributed by atoms with Crippen LogP contribution in [0.3, 0.4) is 0 Å². The van der Waals surface area contributed by atoms with E-state index in [-0.39, 0.29) is 5.97 Å². The van der Waals surface area contributed by atoms with E-state index in [0.29, 0.717) is 15.0 Å². The van der Waals surface area contributed by atoms with Crippen LogP contribution in [0.15, 0.2) is 42.0 Å². The molecule has 0 unspecified atom stereocenters. The first-order valence-electron chi connectivity index (χ1n) is 4.65. The average Bonchev–Trinajstić information content (AvgIpc) is 2.27. The van der Waals surface area contributed by atoms with Crippen LogP contribution in [0, 0.1) is 0 Å². The summed E-state index contributed by atoms with van der Waals surface area (Å²) < 4.78 is 5.91. The number of carbonyl (C=O) groups is 1. The molecule has 1 rings (SSSR count). The zero-order valence-corrected chi connectivity index (χ0v) is 10.6. The molecule has 0 N–H and O–H groups in total. The molecule has 2 nitrogen and oxygen atoms in total. The molecule has 3 heteroatoms. The first-order valence-corrected chi connectivity index (χ1v) is 6.72. The SMILES string of the molecule is COC(=O)/C=C(\C)C[Se]c1ccccc1. The third-order valence-corrected chi connectivity index (χ3v) is 4.30. The second-order valence-corrected chi connectivity index (χ2v) is 5.32. The van der Waals surface area contributed by atoms with Gasteiger partial charge in [-0.25, -0.2) is 0 Å². The first kappa shape index (κ1) is 12.0. The van der Waals surface area contributed by atoms with Crippen LogP contribution in [-0.2, 0) is 9.53 Å². The van der Waals surface area contributed by atoms with E-state index in [4.69, 9.17) is 0 Å². The monoisotopic (exact) mass is 270 g/mol. The molecule has 0 radical (unpaired) electrons. The Hall–Kier alpha value is -1.05. The summed E-state index contributed by atoms with van der Waals surface area (Å²) in [7, 11) is 1.40. The molecule has 80 valence electrons. The van der Waals surface area contributed by atoms with E-state index in [1.807, 2.05) is 25.1 Å². The predicted octanol–water partition coefficient (Wildman–Crippen LogP) is 1.55. The summed E-state index contributed by atoms with van der Waals surface area (Å²) >= 11 is 0.399. The van der Waals surface area contributed by atoms with Gasteiger partial charge in [0.15, 0.2) is 0 Å². The van der Waals surface area contributed by atoms with Gasteiger partial charge in [-0.2, -0.15) is 0 Å². The first-order chi connectivity index (χ1) is 7.22. The molecule has 0 bridgehead atoms. The average molecular weight is 269 g/mol. The fourth-order valence-electron chi connectivity index (χ4n) is 1.02. The molecule has 0 aliphatic heterocycles. The van der Waals surface area contributed by atoms with Crippen LogP contribution in [0.25, 0.3) is 0 Å². The van der Waals surface area contributed by atoms with Crippen molar-refractivity contribution in [3.05, 3.63) is 42.0 Å². The summed E-state index contributed by atoms with van der Waals surface area (Å²) in [6.07, 6.45) is 1.56. The van der Waals surface area contributed by atoms with E-state index in [1.54, 1.807) is 6.08 Å². The fourth-order valence-corrected chi connectivity index (χ4v) is 2.75. The molecule has 0 spiro atoms. The number of allylic oxidation sites excluding steroid dienone is 1. The van der Waals surface area contributed by atoms with Gasteiger partial charge in [-0.3, -0.25) is 0 Å².